The molecular formula is C12H12F6. The third kappa shape index (κ3) is 0.794. The molecule has 0 N–H and O–H groups in total. The second-order valence-corrected chi connectivity index (χ2v) is 6.79. The van der Waals surface area contributed by atoms with E-state index in [2.05, 4.69) is 0 Å². The molecule has 6 heteroatoms. The lowest BCUT2D eigenvalue weighted by atomic mass is 9.31. The van der Waals surface area contributed by atoms with Crippen LogP contribution in [0.2, 0.25) is 0 Å². The minimum atomic E-state index is -4.49. The van der Waals surface area contributed by atoms with Gasteiger partial charge in [0.1, 0.15) is 0 Å². The fraction of sp³-hybridized carbons (Fsp3) is 1.00. The molecule has 2 bridgehead atoms. The summed E-state index contributed by atoms with van der Waals surface area (Å²) >= 11 is 0. The van der Waals surface area contributed by atoms with Gasteiger partial charge in [-0.1, -0.05) is 0 Å². The van der Waals surface area contributed by atoms with Crippen LogP contribution in [0.3, 0.4) is 0 Å². The molecule has 4 aliphatic rings. The van der Waals surface area contributed by atoms with E-state index in [9.17, 15) is 26.3 Å². The average molecular weight is 270 g/mol. The molecule has 0 aromatic heterocycles. The highest BCUT2D eigenvalue weighted by Crippen LogP contribution is 2.93. The third-order valence-electron chi connectivity index (χ3n) is 6.56. The molecule has 5 unspecified atom stereocenters. The SMILES string of the molecule is FC(F)(F)C12CC3CC4CC(C(F)(F)F)(C1)C34C2. The third-order valence-corrected chi connectivity index (χ3v) is 6.56. The van der Waals surface area contributed by atoms with Gasteiger partial charge in [-0.25, -0.2) is 0 Å². The van der Waals surface area contributed by atoms with Crippen molar-refractivity contribution in [1.29, 1.82) is 0 Å². The van der Waals surface area contributed by atoms with Crippen LogP contribution in [0.5, 0.6) is 0 Å². The van der Waals surface area contributed by atoms with Crippen molar-refractivity contribution in [3.05, 3.63) is 0 Å². The van der Waals surface area contributed by atoms with Crippen molar-refractivity contribution in [3.8, 4) is 0 Å². The molecule has 0 nitrogen and oxygen atoms in total. The first-order chi connectivity index (χ1) is 8.08. The molecule has 4 fully saturated rings. The molecular weight excluding hydrogens is 258 g/mol. The molecule has 5 atom stereocenters. The van der Waals surface area contributed by atoms with Crippen molar-refractivity contribution < 1.29 is 26.3 Å². The average Bonchev–Trinajstić information content (AvgIpc) is 2.58. The van der Waals surface area contributed by atoms with E-state index in [4.69, 9.17) is 0 Å². The van der Waals surface area contributed by atoms with E-state index in [0.29, 0.717) is 6.42 Å². The number of fused-ring (bicyclic) bond motifs is 1. The van der Waals surface area contributed by atoms with Gasteiger partial charge in [0.25, 0.3) is 0 Å². The Bertz CT molecular complexity index is 437. The summed E-state index contributed by atoms with van der Waals surface area (Å²) in [6.07, 6.45) is -9.49. The molecule has 4 aliphatic carbocycles. The van der Waals surface area contributed by atoms with Crippen LogP contribution in [0.15, 0.2) is 0 Å². The summed E-state index contributed by atoms with van der Waals surface area (Å²) in [5.41, 5.74) is -5.10. The Labute approximate surface area is 99.7 Å². The molecule has 0 aliphatic heterocycles. The van der Waals surface area contributed by atoms with Crippen molar-refractivity contribution in [2.45, 2.75) is 44.5 Å². The Morgan fingerprint density at radius 2 is 1.39 bits per heavy atom. The largest absolute Gasteiger partial charge is 0.395 e. The van der Waals surface area contributed by atoms with Crippen LogP contribution in [-0.4, -0.2) is 12.4 Å². The van der Waals surface area contributed by atoms with Gasteiger partial charge in [-0.15, -0.1) is 0 Å². The van der Waals surface area contributed by atoms with Crippen LogP contribution in [0, 0.1) is 28.1 Å². The fourth-order valence-electron chi connectivity index (χ4n) is 6.04. The van der Waals surface area contributed by atoms with Gasteiger partial charge in [0, 0.05) is 0 Å². The van der Waals surface area contributed by atoms with E-state index in [1.54, 1.807) is 0 Å². The molecule has 102 valence electrons. The lowest BCUT2D eigenvalue weighted by Gasteiger charge is -2.72. The van der Waals surface area contributed by atoms with Crippen molar-refractivity contribution in [2.24, 2.45) is 28.1 Å². The monoisotopic (exact) mass is 270 g/mol. The summed E-state index contributed by atoms with van der Waals surface area (Å²) in [6, 6.07) is 0. The van der Waals surface area contributed by atoms with Crippen molar-refractivity contribution in [2.75, 3.05) is 0 Å². The second kappa shape index (κ2) is 2.44. The van der Waals surface area contributed by atoms with Crippen LogP contribution in [0.25, 0.3) is 0 Å². The summed E-state index contributed by atoms with van der Waals surface area (Å²) < 4.78 is 79.4. The summed E-state index contributed by atoms with van der Waals surface area (Å²) in [5.74, 6) is -0.441. The van der Waals surface area contributed by atoms with Crippen LogP contribution in [0.1, 0.15) is 32.1 Å². The van der Waals surface area contributed by atoms with Crippen LogP contribution in [0.4, 0.5) is 26.3 Å². The molecule has 0 amide bonds. The maximum atomic E-state index is 13.3. The van der Waals surface area contributed by atoms with Gasteiger partial charge in [-0.3, -0.25) is 0 Å². The van der Waals surface area contributed by atoms with Crippen molar-refractivity contribution in [1.82, 2.24) is 0 Å². The molecule has 4 rings (SSSR count). The topological polar surface area (TPSA) is 0 Å². The van der Waals surface area contributed by atoms with E-state index in [1.165, 1.54) is 0 Å². The Morgan fingerprint density at radius 3 is 1.83 bits per heavy atom. The summed E-state index contributed by atoms with van der Waals surface area (Å²) in [7, 11) is 0. The van der Waals surface area contributed by atoms with Gasteiger partial charge in [-0.2, -0.15) is 26.3 Å². The minimum absolute atomic E-state index is 0.0647. The zero-order chi connectivity index (χ0) is 13.2. The summed E-state index contributed by atoms with van der Waals surface area (Å²) in [4.78, 5) is 0. The zero-order valence-corrected chi connectivity index (χ0v) is 9.46. The highest BCUT2D eigenvalue weighted by atomic mass is 19.4. The normalized spacial score (nSPS) is 57.0. The predicted octanol–water partition coefficient (Wildman–Crippen LogP) is 4.31. The van der Waals surface area contributed by atoms with Crippen molar-refractivity contribution >= 4 is 0 Å². The first-order valence-electron chi connectivity index (χ1n) is 6.22. The summed E-state index contributed by atoms with van der Waals surface area (Å²) in [5, 5.41) is 0. The fourth-order valence-corrected chi connectivity index (χ4v) is 6.04. The van der Waals surface area contributed by atoms with Gasteiger partial charge in [0.2, 0.25) is 0 Å². The zero-order valence-electron chi connectivity index (χ0n) is 9.46. The molecule has 18 heavy (non-hydrogen) atoms. The Morgan fingerprint density at radius 1 is 0.778 bits per heavy atom. The number of hydrogen-bond donors (Lipinski definition) is 0. The predicted molar refractivity (Wildman–Crippen MR) is 49.5 cm³/mol. The van der Waals surface area contributed by atoms with Crippen LogP contribution < -0.4 is 0 Å². The van der Waals surface area contributed by atoms with Gasteiger partial charge in [0.15, 0.2) is 0 Å². The highest BCUT2D eigenvalue weighted by Gasteiger charge is 2.92. The van der Waals surface area contributed by atoms with Gasteiger partial charge < -0.3 is 0 Å². The molecule has 0 aromatic carbocycles. The van der Waals surface area contributed by atoms with E-state index < -0.39 is 35.0 Å². The van der Waals surface area contributed by atoms with Crippen molar-refractivity contribution in [3.63, 3.8) is 0 Å². The minimum Gasteiger partial charge on any atom is -0.171 e. The smallest absolute Gasteiger partial charge is 0.171 e. The Balaban J connectivity index is 1.85. The summed E-state index contributed by atoms with van der Waals surface area (Å²) in [6.45, 7) is 0. The second-order valence-electron chi connectivity index (χ2n) is 6.79. The first kappa shape index (κ1) is 11.4. The first-order valence-corrected chi connectivity index (χ1v) is 6.22. The number of halogens is 6. The van der Waals surface area contributed by atoms with E-state index in [-0.39, 0.29) is 31.1 Å². The van der Waals surface area contributed by atoms with E-state index >= 15 is 0 Å². The van der Waals surface area contributed by atoms with Gasteiger partial charge >= 0.3 is 12.4 Å². The van der Waals surface area contributed by atoms with E-state index in [0.717, 1.165) is 0 Å². The quantitative estimate of drug-likeness (QED) is 0.575. The lowest BCUT2D eigenvalue weighted by molar-refractivity contribution is -0.375. The molecule has 0 aromatic rings. The molecule has 0 heterocycles. The molecule has 0 saturated heterocycles. The maximum absolute atomic E-state index is 13.3. The Hall–Kier alpha value is -0.420. The van der Waals surface area contributed by atoms with Crippen LogP contribution in [-0.2, 0) is 0 Å². The molecule has 1 spiro atoms. The van der Waals surface area contributed by atoms with E-state index in [1.807, 2.05) is 0 Å². The standard InChI is InChI=1S/C12H12F6/c13-11(14,15)8-2-6-1-7-3-9(4-8,12(16,17)18)10(6,7)5-8/h6-7H,1-5H2. The number of alkyl halides is 6. The van der Waals surface area contributed by atoms with Gasteiger partial charge in [0.05, 0.1) is 10.8 Å². The highest BCUT2D eigenvalue weighted by molar-refractivity contribution is 5.34. The maximum Gasteiger partial charge on any atom is 0.395 e. The number of hydrogen-bond acceptors (Lipinski definition) is 0. The number of rotatable bonds is 0. The molecule has 0 radical (unpaired) electrons. The lowest BCUT2D eigenvalue weighted by Crippen LogP contribution is -2.71. The van der Waals surface area contributed by atoms with Gasteiger partial charge in [-0.05, 0) is 49.4 Å². The van der Waals surface area contributed by atoms with Crippen LogP contribution >= 0.6 is 0 Å². The molecule has 4 saturated carbocycles. The Kier molecular flexibility index (Phi) is 1.55.